The van der Waals surface area contributed by atoms with Crippen LogP contribution in [0.15, 0.2) is 18.2 Å². The number of alkyl halides is 2. The number of non-ortho nitro benzene ring substituents is 1. The third kappa shape index (κ3) is 2.98. The maximum Gasteiger partial charge on any atom is 0.271 e. The number of hydrogen-bond acceptors (Lipinski definition) is 3. The fourth-order valence-corrected chi connectivity index (χ4v) is 2.51. The molecule has 1 heterocycles. The molecule has 0 bridgehead atoms. The van der Waals surface area contributed by atoms with Crippen LogP contribution in [0, 0.1) is 10.1 Å². The first-order valence-electron chi connectivity index (χ1n) is 5.83. The molecule has 0 saturated carbocycles. The molecule has 18 heavy (non-hydrogen) atoms. The van der Waals surface area contributed by atoms with E-state index in [0.717, 1.165) is 24.2 Å². The number of benzene rings is 1. The van der Waals surface area contributed by atoms with Crippen LogP contribution in [0.2, 0.25) is 0 Å². The van der Waals surface area contributed by atoms with Crippen molar-refractivity contribution in [3.63, 3.8) is 0 Å². The van der Waals surface area contributed by atoms with Gasteiger partial charge in [0, 0.05) is 36.2 Å². The predicted octanol–water partition coefficient (Wildman–Crippen LogP) is 3.43. The van der Waals surface area contributed by atoms with Crippen LogP contribution in [-0.2, 0) is 5.33 Å². The summed E-state index contributed by atoms with van der Waals surface area (Å²) in [6, 6.07) is 4.93. The Bertz CT molecular complexity index is 456. The molecule has 1 atom stereocenters. The van der Waals surface area contributed by atoms with Crippen molar-refractivity contribution in [2.45, 2.75) is 24.3 Å². The van der Waals surface area contributed by atoms with Gasteiger partial charge in [0.1, 0.15) is 6.17 Å². The molecule has 1 fully saturated rings. The lowest BCUT2D eigenvalue weighted by atomic mass is 10.1. The summed E-state index contributed by atoms with van der Waals surface area (Å²) in [6.07, 6.45) is 0.523. The number of nitro groups is 1. The minimum atomic E-state index is -0.842. The Balaban J connectivity index is 2.31. The summed E-state index contributed by atoms with van der Waals surface area (Å²) in [5, 5.41) is 11.4. The largest absolute Gasteiger partial charge is 0.368 e. The Morgan fingerprint density at radius 3 is 2.89 bits per heavy atom. The van der Waals surface area contributed by atoms with Gasteiger partial charge in [-0.15, -0.1) is 0 Å². The van der Waals surface area contributed by atoms with Gasteiger partial charge in [-0.25, -0.2) is 4.39 Å². The zero-order valence-electron chi connectivity index (χ0n) is 9.81. The molecule has 1 aliphatic rings. The normalized spacial score (nSPS) is 19.9. The average molecular weight is 317 g/mol. The van der Waals surface area contributed by atoms with Crippen molar-refractivity contribution in [1.82, 2.24) is 0 Å². The van der Waals surface area contributed by atoms with Gasteiger partial charge in [0.25, 0.3) is 5.69 Å². The molecular weight excluding hydrogens is 303 g/mol. The quantitative estimate of drug-likeness (QED) is 0.487. The van der Waals surface area contributed by atoms with E-state index in [0.29, 0.717) is 18.3 Å². The van der Waals surface area contributed by atoms with E-state index in [4.69, 9.17) is 0 Å². The molecule has 1 aromatic carbocycles. The van der Waals surface area contributed by atoms with Crippen molar-refractivity contribution >= 4 is 27.3 Å². The molecule has 1 unspecified atom stereocenters. The number of anilines is 1. The van der Waals surface area contributed by atoms with Crippen LogP contribution in [0.4, 0.5) is 15.8 Å². The molecule has 1 aromatic rings. The van der Waals surface area contributed by atoms with E-state index in [1.165, 1.54) is 12.1 Å². The highest BCUT2D eigenvalue weighted by Gasteiger charge is 2.21. The van der Waals surface area contributed by atoms with Gasteiger partial charge in [0.2, 0.25) is 0 Å². The van der Waals surface area contributed by atoms with Crippen molar-refractivity contribution in [3.8, 4) is 0 Å². The van der Waals surface area contributed by atoms with Gasteiger partial charge in [-0.3, -0.25) is 10.1 Å². The lowest BCUT2D eigenvalue weighted by Gasteiger charge is -2.31. The lowest BCUT2D eigenvalue weighted by Crippen LogP contribution is -2.36. The molecule has 4 nitrogen and oxygen atoms in total. The number of nitrogens with zero attached hydrogens (tertiary/aromatic N) is 2. The van der Waals surface area contributed by atoms with Crippen LogP contribution in [0.1, 0.15) is 18.4 Å². The maximum absolute atomic E-state index is 13.4. The molecule has 2 rings (SSSR count). The van der Waals surface area contributed by atoms with E-state index in [1.807, 2.05) is 11.0 Å². The third-order valence-electron chi connectivity index (χ3n) is 3.06. The number of halogens is 2. The average Bonchev–Trinajstić information content (AvgIpc) is 2.38. The first kappa shape index (κ1) is 13.3. The minimum absolute atomic E-state index is 0.0583. The van der Waals surface area contributed by atoms with E-state index in [2.05, 4.69) is 15.9 Å². The van der Waals surface area contributed by atoms with Gasteiger partial charge in [0.15, 0.2) is 0 Å². The predicted molar refractivity (Wildman–Crippen MR) is 72.1 cm³/mol. The van der Waals surface area contributed by atoms with Crippen molar-refractivity contribution in [2.75, 3.05) is 18.0 Å². The maximum atomic E-state index is 13.4. The summed E-state index contributed by atoms with van der Waals surface area (Å²) in [7, 11) is 0. The highest BCUT2D eigenvalue weighted by atomic mass is 79.9. The van der Waals surface area contributed by atoms with E-state index in [-0.39, 0.29) is 5.69 Å². The molecule has 0 amide bonds. The Kier molecular flexibility index (Phi) is 4.16. The number of hydrogen-bond donors (Lipinski definition) is 0. The topological polar surface area (TPSA) is 46.4 Å². The van der Waals surface area contributed by atoms with Crippen LogP contribution in [0.5, 0.6) is 0 Å². The third-order valence-corrected chi connectivity index (χ3v) is 3.70. The van der Waals surface area contributed by atoms with Crippen LogP contribution < -0.4 is 4.90 Å². The first-order chi connectivity index (χ1) is 8.60. The van der Waals surface area contributed by atoms with E-state index < -0.39 is 11.1 Å². The summed E-state index contributed by atoms with van der Waals surface area (Å²) in [5.74, 6) is 0. The van der Waals surface area contributed by atoms with Crippen molar-refractivity contribution < 1.29 is 9.31 Å². The van der Waals surface area contributed by atoms with E-state index in [1.54, 1.807) is 0 Å². The molecule has 0 aromatic heterocycles. The molecule has 98 valence electrons. The summed E-state index contributed by atoms with van der Waals surface area (Å²) < 4.78 is 13.4. The molecule has 1 saturated heterocycles. The monoisotopic (exact) mass is 316 g/mol. The minimum Gasteiger partial charge on any atom is -0.368 e. The van der Waals surface area contributed by atoms with Crippen LogP contribution in [0.25, 0.3) is 0 Å². The molecule has 0 N–H and O–H groups in total. The number of nitro benzene ring substituents is 1. The summed E-state index contributed by atoms with van der Waals surface area (Å²) >= 11 is 3.30. The molecule has 0 aliphatic carbocycles. The molecule has 6 heteroatoms. The Morgan fingerprint density at radius 1 is 1.50 bits per heavy atom. The molecular formula is C12H14BrFN2O2. The van der Waals surface area contributed by atoms with Crippen LogP contribution in [-0.4, -0.2) is 24.2 Å². The van der Waals surface area contributed by atoms with Gasteiger partial charge in [-0.2, -0.15) is 0 Å². The lowest BCUT2D eigenvalue weighted by molar-refractivity contribution is -0.384. The fourth-order valence-electron chi connectivity index (χ4n) is 2.18. The van der Waals surface area contributed by atoms with Crippen LogP contribution in [0.3, 0.4) is 0 Å². The Morgan fingerprint density at radius 2 is 2.28 bits per heavy atom. The molecule has 0 spiro atoms. The second kappa shape index (κ2) is 5.65. The second-order valence-corrected chi connectivity index (χ2v) is 4.99. The van der Waals surface area contributed by atoms with Crippen LogP contribution >= 0.6 is 15.9 Å². The van der Waals surface area contributed by atoms with Gasteiger partial charge in [0.05, 0.1) is 4.92 Å². The Hall–Kier alpha value is -1.17. The zero-order chi connectivity index (χ0) is 13.1. The SMILES string of the molecule is O=[N+]([O-])c1cc(CBr)cc(N2CCCC(F)C2)c1. The van der Waals surface area contributed by atoms with Gasteiger partial charge < -0.3 is 4.90 Å². The van der Waals surface area contributed by atoms with Gasteiger partial charge >= 0.3 is 0 Å². The first-order valence-corrected chi connectivity index (χ1v) is 6.95. The van der Waals surface area contributed by atoms with Crippen molar-refractivity contribution in [3.05, 3.63) is 33.9 Å². The van der Waals surface area contributed by atoms with E-state index >= 15 is 0 Å². The smallest absolute Gasteiger partial charge is 0.271 e. The number of rotatable bonds is 3. The standard InChI is InChI=1S/C12H14BrFN2O2/c13-7-9-4-11(6-12(5-9)16(17)18)15-3-1-2-10(14)8-15/h4-6,10H,1-3,7-8H2. The van der Waals surface area contributed by atoms with Gasteiger partial charge in [-0.1, -0.05) is 15.9 Å². The summed E-state index contributed by atoms with van der Waals surface area (Å²) in [4.78, 5) is 12.3. The molecule has 1 aliphatic heterocycles. The highest BCUT2D eigenvalue weighted by molar-refractivity contribution is 9.08. The summed E-state index contributed by atoms with van der Waals surface area (Å²) in [5.41, 5.74) is 1.63. The fraction of sp³-hybridized carbons (Fsp3) is 0.500. The van der Waals surface area contributed by atoms with Crippen molar-refractivity contribution in [1.29, 1.82) is 0 Å². The van der Waals surface area contributed by atoms with Crippen molar-refractivity contribution in [2.24, 2.45) is 0 Å². The zero-order valence-corrected chi connectivity index (χ0v) is 11.4. The summed E-state index contributed by atoms with van der Waals surface area (Å²) in [6.45, 7) is 1.08. The number of piperidine rings is 1. The van der Waals surface area contributed by atoms with E-state index in [9.17, 15) is 14.5 Å². The highest BCUT2D eigenvalue weighted by Crippen LogP contribution is 2.28. The Labute approximate surface area is 113 Å². The van der Waals surface area contributed by atoms with Gasteiger partial charge in [-0.05, 0) is 24.5 Å². The molecule has 0 radical (unpaired) electrons. The second-order valence-electron chi connectivity index (χ2n) is 4.43.